The van der Waals surface area contributed by atoms with Crippen LogP contribution in [0.1, 0.15) is 103 Å². The number of hydrogen-bond acceptors (Lipinski definition) is 6. The molecule has 0 aliphatic heterocycles. The van der Waals surface area contributed by atoms with Crippen LogP contribution in [0.2, 0.25) is 0 Å². The second-order valence-electron chi connectivity index (χ2n) is 8.07. The molecule has 0 bridgehead atoms. The second kappa shape index (κ2) is 11.7. The molecule has 160 valence electrons. The van der Waals surface area contributed by atoms with Gasteiger partial charge in [0.15, 0.2) is 0 Å². The van der Waals surface area contributed by atoms with Crippen LogP contribution in [0.3, 0.4) is 0 Å². The predicted molar refractivity (Wildman–Crippen MR) is 106 cm³/mol. The van der Waals surface area contributed by atoms with Crippen LogP contribution in [-0.2, 0) is 28.6 Å². The molecular weight excluding hydrogens is 388 g/mol. The molecule has 2 rings (SSSR count). The van der Waals surface area contributed by atoms with Crippen molar-refractivity contribution in [2.45, 2.75) is 115 Å². The lowest BCUT2D eigenvalue weighted by Gasteiger charge is -2.19. The highest BCUT2D eigenvalue weighted by Gasteiger charge is 2.29. The van der Waals surface area contributed by atoms with Gasteiger partial charge in [-0.1, -0.05) is 77.0 Å². The minimum Gasteiger partial charge on any atom is -0.266 e. The SMILES string of the molecule is O=S(=O)(CS(=O)(=O)OC1CCCCCCCC1)OC1CCCCCCCC1. The van der Waals surface area contributed by atoms with E-state index in [9.17, 15) is 16.8 Å². The third-order valence-electron chi connectivity index (χ3n) is 5.46. The lowest BCUT2D eigenvalue weighted by Crippen LogP contribution is -2.28. The highest BCUT2D eigenvalue weighted by atomic mass is 32.3. The topological polar surface area (TPSA) is 86.7 Å². The van der Waals surface area contributed by atoms with E-state index in [0.717, 1.165) is 51.4 Å². The van der Waals surface area contributed by atoms with Crippen molar-refractivity contribution >= 4 is 20.2 Å². The van der Waals surface area contributed by atoms with Crippen molar-refractivity contribution in [2.75, 3.05) is 5.08 Å². The van der Waals surface area contributed by atoms with Crippen molar-refractivity contribution in [1.82, 2.24) is 0 Å². The molecule has 0 unspecified atom stereocenters. The van der Waals surface area contributed by atoms with E-state index < -0.39 is 37.5 Å². The van der Waals surface area contributed by atoms with Crippen molar-refractivity contribution < 1.29 is 25.2 Å². The molecule has 0 atom stereocenters. The average molecular weight is 425 g/mol. The highest BCUT2D eigenvalue weighted by molar-refractivity contribution is 8.03. The quantitative estimate of drug-likeness (QED) is 0.577. The van der Waals surface area contributed by atoms with Gasteiger partial charge in [-0.25, -0.2) is 0 Å². The Bertz CT molecular complexity index is 540. The van der Waals surface area contributed by atoms with Crippen LogP contribution in [0.25, 0.3) is 0 Å². The lowest BCUT2D eigenvalue weighted by molar-refractivity contribution is 0.178. The maximum atomic E-state index is 12.3. The van der Waals surface area contributed by atoms with Crippen molar-refractivity contribution in [3.8, 4) is 0 Å². The summed E-state index contributed by atoms with van der Waals surface area (Å²) in [7, 11) is -8.33. The smallest absolute Gasteiger partial charge is 0.266 e. The molecule has 0 aromatic heterocycles. The molecule has 0 heterocycles. The third-order valence-corrected chi connectivity index (χ3v) is 8.90. The summed E-state index contributed by atoms with van der Waals surface area (Å²) in [6.07, 6.45) is 14.5. The van der Waals surface area contributed by atoms with Gasteiger partial charge in [-0.05, 0) is 25.7 Å². The molecule has 2 aliphatic carbocycles. The van der Waals surface area contributed by atoms with Gasteiger partial charge in [-0.3, -0.25) is 8.37 Å². The molecule has 0 spiro atoms. The van der Waals surface area contributed by atoms with Gasteiger partial charge in [0, 0.05) is 0 Å². The van der Waals surface area contributed by atoms with Crippen LogP contribution in [0.5, 0.6) is 0 Å². The van der Waals surface area contributed by atoms with E-state index in [1.165, 1.54) is 25.7 Å². The van der Waals surface area contributed by atoms with E-state index in [1.54, 1.807) is 0 Å². The minimum absolute atomic E-state index is 0.409. The Kier molecular flexibility index (Phi) is 10.0. The van der Waals surface area contributed by atoms with Crippen LogP contribution < -0.4 is 0 Å². The summed E-state index contributed by atoms with van der Waals surface area (Å²) in [5.41, 5.74) is 0. The first-order chi connectivity index (χ1) is 12.9. The Hall–Kier alpha value is -0.180. The molecular formula is C19H36O6S2. The van der Waals surface area contributed by atoms with E-state index in [4.69, 9.17) is 8.37 Å². The normalized spacial score (nSPS) is 23.4. The van der Waals surface area contributed by atoms with Crippen molar-refractivity contribution in [2.24, 2.45) is 0 Å². The first kappa shape index (κ1) is 23.1. The van der Waals surface area contributed by atoms with E-state index in [-0.39, 0.29) is 0 Å². The molecule has 0 aromatic rings. The summed E-state index contributed by atoms with van der Waals surface area (Å²) < 4.78 is 59.9. The molecule has 2 saturated carbocycles. The van der Waals surface area contributed by atoms with E-state index in [0.29, 0.717) is 25.7 Å². The van der Waals surface area contributed by atoms with E-state index in [2.05, 4.69) is 0 Å². The standard InChI is InChI=1S/C19H36O6S2/c20-26(21,24-18-13-9-5-1-2-6-10-14-18)17-27(22,23)25-19-15-11-7-3-4-8-12-16-19/h18-19H,1-17H2. The fourth-order valence-corrected chi connectivity index (χ4v) is 7.10. The van der Waals surface area contributed by atoms with Gasteiger partial charge in [0.05, 0.1) is 12.2 Å². The molecule has 0 saturated heterocycles. The minimum atomic E-state index is -4.17. The van der Waals surface area contributed by atoms with E-state index in [1.807, 2.05) is 0 Å². The maximum absolute atomic E-state index is 12.3. The lowest BCUT2D eigenvalue weighted by atomic mass is 10.1. The predicted octanol–water partition coefficient (Wildman–Crippen LogP) is 4.64. The summed E-state index contributed by atoms with van der Waals surface area (Å²) in [5, 5.41) is -1.08. The van der Waals surface area contributed by atoms with Crippen molar-refractivity contribution in [3.05, 3.63) is 0 Å². The summed E-state index contributed by atoms with van der Waals surface area (Å²) in [6, 6.07) is 0. The van der Waals surface area contributed by atoms with Crippen LogP contribution >= 0.6 is 0 Å². The van der Waals surface area contributed by atoms with Crippen LogP contribution in [0.15, 0.2) is 0 Å². The van der Waals surface area contributed by atoms with Crippen LogP contribution in [0, 0.1) is 0 Å². The zero-order chi connectivity index (χ0) is 19.6. The fraction of sp³-hybridized carbons (Fsp3) is 1.00. The average Bonchev–Trinajstić information content (AvgIpc) is 2.76. The molecule has 6 nitrogen and oxygen atoms in total. The van der Waals surface area contributed by atoms with Gasteiger partial charge in [-0.15, -0.1) is 0 Å². The molecule has 0 N–H and O–H groups in total. The van der Waals surface area contributed by atoms with E-state index >= 15 is 0 Å². The largest absolute Gasteiger partial charge is 0.284 e. The molecule has 8 heteroatoms. The Morgan fingerprint density at radius 3 is 1.04 bits per heavy atom. The molecule has 0 amide bonds. The monoisotopic (exact) mass is 424 g/mol. The van der Waals surface area contributed by atoms with Gasteiger partial charge in [-0.2, -0.15) is 16.8 Å². The highest BCUT2D eigenvalue weighted by Crippen LogP contribution is 2.23. The summed E-state index contributed by atoms with van der Waals surface area (Å²) in [5.74, 6) is 0. The fourth-order valence-electron chi connectivity index (χ4n) is 4.03. The first-order valence-corrected chi connectivity index (χ1v) is 13.8. The molecule has 0 aromatic carbocycles. The molecule has 0 radical (unpaired) electrons. The summed E-state index contributed by atoms with van der Waals surface area (Å²) >= 11 is 0. The maximum Gasteiger partial charge on any atom is 0.284 e. The molecule has 2 fully saturated rings. The third kappa shape index (κ3) is 10.2. The van der Waals surface area contributed by atoms with Gasteiger partial charge < -0.3 is 0 Å². The van der Waals surface area contributed by atoms with Gasteiger partial charge in [0.1, 0.15) is 0 Å². The molecule has 27 heavy (non-hydrogen) atoms. The Labute approximate surface area is 165 Å². The first-order valence-electron chi connectivity index (χ1n) is 10.7. The van der Waals surface area contributed by atoms with Gasteiger partial charge in [0.2, 0.25) is 5.08 Å². The summed E-state index contributed by atoms with van der Waals surface area (Å²) in [4.78, 5) is 0. The second-order valence-corrected chi connectivity index (χ2v) is 11.6. The molecule has 2 aliphatic rings. The van der Waals surface area contributed by atoms with Gasteiger partial charge >= 0.3 is 0 Å². The zero-order valence-corrected chi connectivity index (χ0v) is 18.1. The number of hydrogen-bond donors (Lipinski definition) is 0. The zero-order valence-electron chi connectivity index (χ0n) is 16.4. The Balaban J connectivity index is 1.88. The van der Waals surface area contributed by atoms with Crippen LogP contribution in [-0.4, -0.2) is 34.1 Å². The Morgan fingerprint density at radius 1 is 0.481 bits per heavy atom. The number of rotatable bonds is 6. The Morgan fingerprint density at radius 2 is 0.741 bits per heavy atom. The van der Waals surface area contributed by atoms with Gasteiger partial charge in [0.25, 0.3) is 20.2 Å². The summed E-state index contributed by atoms with van der Waals surface area (Å²) in [6.45, 7) is 0. The van der Waals surface area contributed by atoms with Crippen molar-refractivity contribution in [1.29, 1.82) is 0 Å². The van der Waals surface area contributed by atoms with Crippen LogP contribution in [0.4, 0.5) is 0 Å². The van der Waals surface area contributed by atoms with Crippen molar-refractivity contribution in [3.63, 3.8) is 0 Å².